The smallest absolute Gasteiger partial charge is 0.107 e. The second kappa shape index (κ2) is 4.84. The molecule has 1 saturated heterocycles. The lowest BCUT2D eigenvalue weighted by atomic mass is 10.1. The summed E-state index contributed by atoms with van der Waals surface area (Å²) in [6, 6.07) is 0. The van der Waals surface area contributed by atoms with E-state index in [0.29, 0.717) is 26.2 Å². The molecule has 1 N–H and O–H groups in total. The number of thiazole rings is 1. The minimum Gasteiger partial charge on any atom is -0.390 e. The van der Waals surface area contributed by atoms with Gasteiger partial charge in [-0.15, -0.1) is 11.3 Å². The molecule has 1 aliphatic rings. The highest BCUT2D eigenvalue weighted by Gasteiger charge is 2.23. The summed E-state index contributed by atoms with van der Waals surface area (Å²) in [7, 11) is 0. The molecule has 0 aromatic carbocycles. The number of ether oxygens (including phenoxy) is 2. The van der Waals surface area contributed by atoms with Crippen LogP contribution in [0, 0.1) is 0 Å². The first-order valence-electron chi connectivity index (χ1n) is 4.61. The van der Waals surface area contributed by atoms with Gasteiger partial charge in [0, 0.05) is 17.5 Å². The van der Waals surface area contributed by atoms with Crippen molar-refractivity contribution in [2.45, 2.75) is 18.6 Å². The summed E-state index contributed by atoms with van der Waals surface area (Å²) in [5.74, 6) is 0. The van der Waals surface area contributed by atoms with E-state index in [2.05, 4.69) is 4.98 Å². The molecule has 14 heavy (non-hydrogen) atoms. The Morgan fingerprint density at radius 1 is 1.64 bits per heavy atom. The molecular weight excluding hydrogens is 202 g/mol. The van der Waals surface area contributed by atoms with Crippen LogP contribution in [0.25, 0.3) is 0 Å². The average molecular weight is 215 g/mol. The summed E-state index contributed by atoms with van der Waals surface area (Å²) < 4.78 is 10.6. The summed E-state index contributed by atoms with van der Waals surface area (Å²) in [5, 5.41) is 9.82. The minimum atomic E-state index is -0.490. The first kappa shape index (κ1) is 10.0. The van der Waals surface area contributed by atoms with E-state index >= 15 is 0 Å². The van der Waals surface area contributed by atoms with Crippen LogP contribution in [-0.4, -0.2) is 42.1 Å². The van der Waals surface area contributed by atoms with Gasteiger partial charge in [-0.2, -0.15) is 0 Å². The predicted molar refractivity (Wildman–Crippen MR) is 52.4 cm³/mol. The molecule has 5 heteroatoms. The standard InChI is InChI=1S/C9H13NO3S/c11-8(3-7-4-10-6-14-7)9-5-12-1-2-13-9/h4,6,8-9,11H,1-3,5H2. The molecule has 0 radical (unpaired) electrons. The number of aromatic nitrogens is 1. The van der Waals surface area contributed by atoms with E-state index in [1.807, 2.05) is 0 Å². The molecule has 1 fully saturated rings. The maximum atomic E-state index is 9.82. The van der Waals surface area contributed by atoms with Gasteiger partial charge in [0.15, 0.2) is 0 Å². The minimum absolute atomic E-state index is 0.189. The quantitative estimate of drug-likeness (QED) is 0.796. The Labute approximate surface area is 86.5 Å². The highest BCUT2D eigenvalue weighted by Crippen LogP contribution is 2.14. The zero-order valence-electron chi connectivity index (χ0n) is 7.76. The molecule has 2 unspecified atom stereocenters. The molecule has 1 aromatic heterocycles. The van der Waals surface area contributed by atoms with Crippen LogP contribution in [0.2, 0.25) is 0 Å². The van der Waals surface area contributed by atoms with Gasteiger partial charge in [0.2, 0.25) is 0 Å². The van der Waals surface area contributed by atoms with Crippen LogP contribution in [-0.2, 0) is 15.9 Å². The van der Waals surface area contributed by atoms with Gasteiger partial charge < -0.3 is 14.6 Å². The van der Waals surface area contributed by atoms with Crippen molar-refractivity contribution in [3.8, 4) is 0 Å². The van der Waals surface area contributed by atoms with Gasteiger partial charge in [-0.05, 0) is 0 Å². The van der Waals surface area contributed by atoms with E-state index in [0.717, 1.165) is 4.88 Å². The summed E-state index contributed by atoms with van der Waals surface area (Å²) in [6.45, 7) is 1.69. The molecule has 0 amide bonds. The van der Waals surface area contributed by atoms with Gasteiger partial charge in [-0.3, -0.25) is 4.98 Å². The molecule has 4 nitrogen and oxygen atoms in total. The molecular formula is C9H13NO3S. The van der Waals surface area contributed by atoms with Crippen molar-refractivity contribution in [1.29, 1.82) is 0 Å². The molecule has 1 aliphatic heterocycles. The Morgan fingerprint density at radius 2 is 2.57 bits per heavy atom. The van der Waals surface area contributed by atoms with E-state index in [1.165, 1.54) is 0 Å². The van der Waals surface area contributed by atoms with Gasteiger partial charge in [0.25, 0.3) is 0 Å². The topological polar surface area (TPSA) is 51.6 Å². The number of nitrogens with zero attached hydrogens (tertiary/aromatic N) is 1. The Hall–Kier alpha value is -0.490. The van der Waals surface area contributed by atoms with Crippen molar-refractivity contribution in [2.75, 3.05) is 19.8 Å². The summed E-state index contributed by atoms with van der Waals surface area (Å²) >= 11 is 1.55. The molecule has 0 saturated carbocycles. The number of rotatable bonds is 3. The SMILES string of the molecule is OC(Cc1cncs1)C1COCCO1. The van der Waals surface area contributed by atoms with Gasteiger partial charge in [0.05, 0.1) is 31.4 Å². The number of aliphatic hydroxyl groups excluding tert-OH is 1. The monoisotopic (exact) mass is 215 g/mol. The first-order chi connectivity index (χ1) is 6.86. The van der Waals surface area contributed by atoms with E-state index in [4.69, 9.17) is 9.47 Å². The zero-order chi connectivity index (χ0) is 9.80. The summed E-state index contributed by atoms with van der Waals surface area (Å²) in [5.41, 5.74) is 1.76. The molecule has 0 spiro atoms. The number of hydrogen-bond acceptors (Lipinski definition) is 5. The van der Waals surface area contributed by atoms with Crippen LogP contribution in [0.4, 0.5) is 0 Å². The lowest BCUT2D eigenvalue weighted by Gasteiger charge is -2.26. The van der Waals surface area contributed by atoms with Crippen molar-refractivity contribution >= 4 is 11.3 Å². The van der Waals surface area contributed by atoms with Crippen molar-refractivity contribution < 1.29 is 14.6 Å². The maximum Gasteiger partial charge on any atom is 0.107 e. The first-order valence-corrected chi connectivity index (χ1v) is 5.49. The fourth-order valence-corrected chi connectivity index (χ4v) is 2.05. The third-order valence-electron chi connectivity index (χ3n) is 2.16. The normalized spacial score (nSPS) is 24.8. The molecule has 2 atom stereocenters. The Balaban J connectivity index is 1.85. The van der Waals surface area contributed by atoms with Crippen LogP contribution in [0.3, 0.4) is 0 Å². The van der Waals surface area contributed by atoms with E-state index < -0.39 is 6.10 Å². The van der Waals surface area contributed by atoms with Crippen LogP contribution >= 0.6 is 11.3 Å². The zero-order valence-corrected chi connectivity index (χ0v) is 8.57. The van der Waals surface area contributed by atoms with Crippen molar-refractivity contribution in [2.24, 2.45) is 0 Å². The lowest BCUT2D eigenvalue weighted by Crippen LogP contribution is -2.39. The Kier molecular flexibility index (Phi) is 3.47. The Morgan fingerprint density at radius 3 is 3.21 bits per heavy atom. The van der Waals surface area contributed by atoms with Crippen molar-refractivity contribution in [3.05, 3.63) is 16.6 Å². The van der Waals surface area contributed by atoms with Crippen LogP contribution in [0.5, 0.6) is 0 Å². The van der Waals surface area contributed by atoms with Gasteiger partial charge >= 0.3 is 0 Å². The predicted octanol–water partition coefficient (Wildman–Crippen LogP) is 0.462. The van der Waals surface area contributed by atoms with Crippen molar-refractivity contribution in [1.82, 2.24) is 4.98 Å². The van der Waals surface area contributed by atoms with E-state index in [9.17, 15) is 5.11 Å². The highest BCUT2D eigenvalue weighted by atomic mass is 32.1. The fraction of sp³-hybridized carbons (Fsp3) is 0.667. The second-order valence-electron chi connectivity index (χ2n) is 3.22. The van der Waals surface area contributed by atoms with Gasteiger partial charge in [0.1, 0.15) is 6.10 Å². The third-order valence-corrected chi connectivity index (χ3v) is 2.97. The third kappa shape index (κ3) is 2.51. The highest BCUT2D eigenvalue weighted by molar-refractivity contribution is 7.09. The van der Waals surface area contributed by atoms with Gasteiger partial charge in [-0.25, -0.2) is 0 Å². The summed E-state index contributed by atoms with van der Waals surface area (Å²) in [4.78, 5) is 5.03. The van der Waals surface area contributed by atoms with Crippen LogP contribution in [0.15, 0.2) is 11.7 Å². The average Bonchev–Trinajstić information content (AvgIpc) is 2.72. The lowest BCUT2D eigenvalue weighted by molar-refractivity contribution is -0.131. The summed E-state index contributed by atoms with van der Waals surface area (Å²) in [6.07, 6.45) is 1.69. The second-order valence-corrected chi connectivity index (χ2v) is 4.19. The largest absolute Gasteiger partial charge is 0.390 e. The molecule has 2 heterocycles. The maximum absolute atomic E-state index is 9.82. The molecule has 0 bridgehead atoms. The van der Waals surface area contributed by atoms with Crippen LogP contribution < -0.4 is 0 Å². The number of aliphatic hydroxyl groups is 1. The fourth-order valence-electron chi connectivity index (χ4n) is 1.41. The van der Waals surface area contributed by atoms with E-state index in [1.54, 1.807) is 23.0 Å². The van der Waals surface area contributed by atoms with Crippen LogP contribution in [0.1, 0.15) is 4.88 Å². The van der Waals surface area contributed by atoms with Gasteiger partial charge in [-0.1, -0.05) is 0 Å². The van der Waals surface area contributed by atoms with Crippen molar-refractivity contribution in [3.63, 3.8) is 0 Å². The van der Waals surface area contributed by atoms with E-state index in [-0.39, 0.29) is 6.10 Å². The molecule has 78 valence electrons. The molecule has 1 aromatic rings. The Bertz CT molecular complexity index is 259. The molecule has 0 aliphatic carbocycles. The number of hydrogen-bond donors (Lipinski definition) is 1. The molecule has 2 rings (SSSR count).